The first kappa shape index (κ1) is 19.4. The van der Waals surface area contributed by atoms with Gasteiger partial charge in [-0.1, -0.05) is 6.58 Å². The Morgan fingerprint density at radius 1 is 1.33 bits per heavy atom. The maximum atomic E-state index is 11.4. The third-order valence-electron chi connectivity index (χ3n) is 2.30. The molecule has 0 heterocycles. The van der Waals surface area contributed by atoms with E-state index in [2.05, 4.69) is 6.58 Å². The Balaban J connectivity index is 4.38. The molecule has 8 heteroatoms. The molecule has 0 amide bonds. The summed E-state index contributed by atoms with van der Waals surface area (Å²) >= 11 is 5.45. The molecular formula is C13H18ClO7-. The fourth-order valence-corrected chi connectivity index (χ4v) is 1.36. The summed E-state index contributed by atoms with van der Waals surface area (Å²) in [6, 6.07) is 0. The first-order chi connectivity index (χ1) is 9.76. The SMILES string of the molecule is C=C(C)C(=O)OC(COC(=O)CCC(=O)[O-])CC(O)CCl. The van der Waals surface area contributed by atoms with Crippen molar-refractivity contribution in [2.24, 2.45) is 0 Å². The number of esters is 2. The summed E-state index contributed by atoms with van der Waals surface area (Å²) in [6.45, 7) is 4.55. The van der Waals surface area contributed by atoms with E-state index in [1.54, 1.807) is 0 Å². The predicted octanol–water partition coefficient (Wildman–Crippen LogP) is -0.463. The van der Waals surface area contributed by atoms with Crippen molar-refractivity contribution in [3.63, 3.8) is 0 Å². The zero-order valence-corrected chi connectivity index (χ0v) is 12.4. The molecule has 7 nitrogen and oxygen atoms in total. The number of aliphatic hydroxyl groups is 1. The van der Waals surface area contributed by atoms with Gasteiger partial charge in [0, 0.05) is 23.8 Å². The van der Waals surface area contributed by atoms with E-state index in [1.165, 1.54) is 6.92 Å². The second kappa shape index (κ2) is 10.2. The lowest BCUT2D eigenvalue weighted by molar-refractivity contribution is -0.305. The topological polar surface area (TPSA) is 113 Å². The number of alkyl halides is 1. The highest BCUT2D eigenvalue weighted by molar-refractivity contribution is 6.18. The Hall–Kier alpha value is -1.60. The lowest BCUT2D eigenvalue weighted by atomic mass is 10.2. The van der Waals surface area contributed by atoms with Crippen LogP contribution in [-0.4, -0.2) is 47.7 Å². The normalized spacial score (nSPS) is 13.1. The fraction of sp³-hybridized carbons (Fsp3) is 0.615. The van der Waals surface area contributed by atoms with Gasteiger partial charge in [0.1, 0.15) is 12.7 Å². The molecule has 0 radical (unpaired) electrons. The van der Waals surface area contributed by atoms with E-state index in [-0.39, 0.29) is 30.9 Å². The molecule has 0 aliphatic heterocycles. The second-order valence-electron chi connectivity index (χ2n) is 4.41. The quantitative estimate of drug-likeness (QED) is 0.329. The molecular weight excluding hydrogens is 304 g/mol. The van der Waals surface area contributed by atoms with Crippen LogP contribution in [0, 0.1) is 0 Å². The van der Waals surface area contributed by atoms with Crippen molar-refractivity contribution in [1.82, 2.24) is 0 Å². The van der Waals surface area contributed by atoms with Gasteiger partial charge in [-0.15, -0.1) is 11.6 Å². The van der Waals surface area contributed by atoms with Gasteiger partial charge in [-0.3, -0.25) is 4.79 Å². The molecule has 0 aliphatic carbocycles. The second-order valence-corrected chi connectivity index (χ2v) is 4.72. The molecule has 0 fully saturated rings. The third kappa shape index (κ3) is 9.86. The van der Waals surface area contributed by atoms with Crippen molar-refractivity contribution in [2.75, 3.05) is 12.5 Å². The first-order valence-corrected chi connectivity index (χ1v) is 6.75. The largest absolute Gasteiger partial charge is 0.550 e. The highest BCUT2D eigenvalue weighted by Crippen LogP contribution is 2.09. The number of hydrogen-bond donors (Lipinski definition) is 1. The van der Waals surface area contributed by atoms with Gasteiger partial charge in [-0.05, 0) is 13.3 Å². The number of carboxylic acid groups (broad SMARTS) is 1. The molecule has 0 aliphatic rings. The molecule has 120 valence electrons. The number of rotatable bonds is 10. The molecule has 0 aromatic heterocycles. The highest BCUT2D eigenvalue weighted by atomic mass is 35.5. The molecule has 2 atom stereocenters. The van der Waals surface area contributed by atoms with Crippen LogP contribution < -0.4 is 5.11 Å². The van der Waals surface area contributed by atoms with Crippen LogP contribution in [0.1, 0.15) is 26.2 Å². The summed E-state index contributed by atoms with van der Waals surface area (Å²) in [5.74, 6) is -2.89. The maximum Gasteiger partial charge on any atom is 0.333 e. The van der Waals surface area contributed by atoms with Gasteiger partial charge in [-0.2, -0.15) is 0 Å². The van der Waals surface area contributed by atoms with Crippen molar-refractivity contribution in [3.05, 3.63) is 12.2 Å². The van der Waals surface area contributed by atoms with Crippen LogP contribution in [-0.2, 0) is 23.9 Å². The molecule has 21 heavy (non-hydrogen) atoms. The number of aliphatic carboxylic acids is 1. The monoisotopic (exact) mass is 321 g/mol. The molecule has 0 saturated heterocycles. The summed E-state index contributed by atoms with van der Waals surface area (Å²) in [4.78, 5) is 32.9. The minimum absolute atomic E-state index is 0.0176. The molecule has 0 spiro atoms. The van der Waals surface area contributed by atoms with Crippen LogP contribution in [0.15, 0.2) is 12.2 Å². The van der Waals surface area contributed by atoms with E-state index in [0.29, 0.717) is 0 Å². The van der Waals surface area contributed by atoms with Gasteiger partial charge >= 0.3 is 11.9 Å². The highest BCUT2D eigenvalue weighted by Gasteiger charge is 2.20. The van der Waals surface area contributed by atoms with Crippen molar-refractivity contribution >= 4 is 29.5 Å². The summed E-state index contributed by atoms with van der Waals surface area (Å²) in [7, 11) is 0. The third-order valence-corrected chi connectivity index (χ3v) is 2.65. The standard InChI is InChI=1S/C13H19ClO7/c1-8(2)13(19)21-10(5-9(15)6-14)7-20-12(18)4-3-11(16)17/h9-10,15H,1,3-7H2,2H3,(H,16,17)/p-1. The fourth-order valence-electron chi connectivity index (χ4n) is 1.23. The van der Waals surface area contributed by atoms with Gasteiger partial charge < -0.3 is 24.5 Å². The molecule has 0 saturated carbocycles. The van der Waals surface area contributed by atoms with Crippen LogP contribution >= 0.6 is 11.6 Å². The van der Waals surface area contributed by atoms with Crippen LogP contribution in [0.25, 0.3) is 0 Å². The number of halogens is 1. The molecule has 0 aromatic rings. The Morgan fingerprint density at radius 3 is 2.43 bits per heavy atom. The molecule has 0 aromatic carbocycles. The summed E-state index contributed by atoms with van der Waals surface area (Å²) in [6.07, 6.45) is -2.65. The summed E-state index contributed by atoms with van der Waals surface area (Å²) in [5, 5.41) is 19.7. The Morgan fingerprint density at radius 2 is 1.95 bits per heavy atom. The van der Waals surface area contributed by atoms with Gasteiger partial charge in [-0.25, -0.2) is 4.79 Å². The van der Waals surface area contributed by atoms with Crippen molar-refractivity contribution in [3.8, 4) is 0 Å². The van der Waals surface area contributed by atoms with Gasteiger partial charge in [0.15, 0.2) is 0 Å². The Labute approximate surface area is 127 Å². The molecule has 1 N–H and O–H groups in total. The van der Waals surface area contributed by atoms with Crippen LogP contribution in [0.2, 0.25) is 0 Å². The number of aliphatic hydroxyl groups excluding tert-OH is 1. The van der Waals surface area contributed by atoms with Gasteiger partial charge in [0.05, 0.1) is 12.5 Å². The van der Waals surface area contributed by atoms with Gasteiger partial charge in [0.2, 0.25) is 0 Å². The summed E-state index contributed by atoms with van der Waals surface area (Å²) in [5.41, 5.74) is 0.156. The minimum Gasteiger partial charge on any atom is -0.550 e. The maximum absolute atomic E-state index is 11.4. The van der Waals surface area contributed by atoms with Crippen LogP contribution in [0.3, 0.4) is 0 Å². The van der Waals surface area contributed by atoms with Crippen LogP contribution in [0.4, 0.5) is 0 Å². The number of carbonyl (C=O) groups is 3. The predicted molar refractivity (Wildman–Crippen MR) is 71.2 cm³/mol. The van der Waals surface area contributed by atoms with Gasteiger partial charge in [0.25, 0.3) is 0 Å². The van der Waals surface area contributed by atoms with E-state index in [4.69, 9.17) is 21.1 Å². The van der Waals surface area contributed by atoms with E-state index >= 15 is 0 Å². The molecule has 2 unspecified atom stereocenters. The molecule has 0 bridgehead atoms. The minimum atomic E-state index is -1.37. The van der Waals surface area contributed by atoms with E-state index in [0.717, 1.165) is 0 Å². The van der Waals surface area contributed by atoms with E-state index in [1.807, 2.05) is 0 Å². The first-order valence-electron chi connectivity index (χ1n) is 6.22. The average Bonchev–Trinajstić information content (AvgIpc) is 2.41. The van der Waals surface area contributed by atoms with Crippen molar-refractivity contribution < 1.29 is 34.1 Å². The smallest absolute Gasteiger partial charge is 0.333 e. The summed E-state index contributed by atoms with van der Waals surface area (Å²) < 4.78 is 9.79. The zero-order valence-electron chi connectivity index (χ0n) is 11.7. The number of carbonyl (C=O) groups excluding carboxylic acids is 3. The van der Waals surface area contributed by atoms with E-state index < -0.39 is 36.5 Å². The lowest BCUT2D eigenvalue weighted by Gasteiger charge is -2.20. The number of carboxylic acids is 1. The van der Waals surface area contributed by atoms with Crippen molar-refractivity contribution in [1.29, 1.82) is 0 Å². The molecule has 0 rings (SSSR count). The lowest BCUT2D eigenvalue weighted by Crippen LogP contribution is -2.30. The Bertz CT molecular complexity index is 394. The van der Waals surface area contributed by atoms with E-state index in [9.17, 15) is 24.6 Å². The number of hydrogen-bond acceptors (Lipinski definition) is 7. The van der Waals surface area contributed by atoms with Crippen LogP contribution in [0.5, 0.6) is 0 Å². The van der Waals surface area contributed by atoms with Crippen molar-refractivity contribution in [2.45, 2.75) is 38.4 Å². The number of ether oxygens (including phenoxy) is 2. The zero-order chi connectivity index (χ0) is 16.4. The average molecular weight is 322 g/mol. The Kier molecular flexibility index (Phi) is 9.40.